The molecule has 10 heteroatoms. The van der Waals surface area contributed by atoms with E-state index in [1.54, 1.807) is 24.3 Å². The smallest absolute Gasteiger partial charge is 0.344 e. The maximum absolute atomic E-state index is 13.1. The van der Waals surface area contributed by atoms with Gasteiger partial charge in [-0.2, -0.15) is 9.78 Å². The van der Waals surface area contributed by atoms with Gasteiger partial charge in [-0.15, -0.1) is 0 Å². The minimum atomic E-state index is -1.12. The second-order valence-corrected chi connectivity index (χ2v) is 8.91. The van der Waals surface area contributed by atoms with Gasteiger partial charge in [-0.05, 0) is 59.6 Å². The number of aliphatic carboxylic acids is 1. The molecule has 1 aromatic heterocycles. The molecular weight excluding hydrogens is 554 g/mol. The predicted molar refractivity (Wildman–Crippen MR) is 128 cm³/mol. The van der Waals surface area contributed by atoms with Gasteiger partial charge in [0.15, 0.2) is 6.10 Å². The van der Waals surface area contributed by atoms with Crippen LogP contribution in [0.25, 0.3) is 10.9 Å². The molecule has 0 unspecified atom stereocenters. The van der Waals surface area contributed by atoms with E-state index in [9.17, 15) is 14.7 Å². The van der Waals surface area contributed by atoms with Crippen LogP contribution in [0.1, 0.15) is 31.7 Å². The van der Waals surface area contributed by atoms with Gasteiger partial charge in [0.25, 0.3) is 5.56 Å². The first-order valence-electron chi connectivity index (χ1n) is 9.35. The summed E-state index contributed by atoms with van der Waals surface area (Å²) in [5, 5.41) is 14.4. The maximum atomic E-state index is 13.1. The van der Waals surface area contributed by atoms with Crippen LogP contribution in [0.4, 0.5) is 0 Å². The molecule has 0 amide bonds. The van der Waals surface area contributed by atoms with E-state index in [1.807, 2.05) is 13.0 Å². The van der Waals surface area contributed by atoms with Crippen LogP contribution < -0.4 is 10.3 Å². The van der Waals surface area contributed by atoms with Crippen molar-refractivity contribution in [3.63, 3.8) is 0 Å². The Kier molecular flexibility index (Phi) is 7.51. The van der Waals surface area contributed by atoms with Crippen LogP contribution >= 0.6 is 43.5 Å². The average molecular weight is 572 g/mol. The summed E-state index contributed by atoms with van der Waals surface area (Å²) >= 11 is 12.9. The topological polar surface area (TPSA) is 93.8 Å². The molecule has 1 N–H and O–H groups in total. The van der Waals surface area contributed by atoms with Gasteiger partial charge in [-0.3, -0.25) is 4.79 Å². The van der Waals surface area contributed by atoms with Gasteiger partial charge < -0.3 is 9.84 Å². The highest BCUT2D eigenvalue weighted by molar-refractivity contribution is 9.10. The number of aryl methyl sites for hydroxylation is 1. The Bertz CT molecular complexity index is 1240. The normalized spacial score (nSPS) is 12.4. The summed E-state index contributed by atoms with van der Waals surface area (Å²) in [6, 6.07) is 8.48. The Hall–Kier alpha value is -2.23. The van der Waals surface area contributed by atoms with Crippen LogP contribution in [-0.2, 0) is 11.2 Å². The highest BCUT2D eigenvalue weighted by Gasteiger charge is 2.18. The third-order valence-corrected chi connectivity index (χ3v) is 5.64. The van der Waals surface area contributed by atoms with E-state index in [-0.39, 0.29) is 11.3 Å². The van der Waals surface area contributed by atoms with E-state index in [2.05, 4.69) is 41.9 Å². The number of carbonyl (C=O) groups is 1. The summed E-state index contributed by atoms with van der Waals surface area (Å²) in [6.07, 6.45) is 1.64. The molecular formula is C21H18Br2ClN3O4. The number of carboxylic acid groups (broad SMARTS) is 1. The summed E-state index contributed by atoms with van der Waals surface area (Å²) in [6.45, 7) is 3.40. The summed E-state index contributed by atoms with van der Waals surface area (Å²) < 4.78 is 8.04. The van der Waals surface area contributed by atoms with Crippen LogP contribution in [-0.4, -0.2) is 33.1 Å². The van der Waals surface area contributed by atoms with Gasteiger partial charge in [-0.1, -0.05) is 34.5 Å². The summed E-state index contributed by atoms with van der Waals surface area (Å²) in [7, 11) is 0. The highest BCUT2D eigenvalue weighted by atomic mass is 79.9. The number of carboxylic acids is 1. The van der Waals surface area contributed by atoms with Crippen LogP contribution in [0.2, 0.25) is 5.02 Å². The van der Waals surface area contributed by atoms with Gasteiger partial charge >= 0.3 is 5.97 Å². The van der Waals surface area contributed by atoms with Gasteiger partial charge in [0, 0.05) is 21.5 Å². The SMILES string of the molecule is CCCc1nc2ccc(Br)cc2c(=O)n1N=Cc1cc(Cl)cc(Br)c1O[C@H](C)C(=O)O. The van der Waals surface area contributed by atoms with Gasteiger partial charge in [0.1, 0.15) is 11.6 Å². The molecule has 7 nitrogen and oxygen atoms in total. The number of hydrogen-bond donors (Lipinski definition) is 1. The van der Waals surface area contributed by atoms with Crippen molar-refractivity contribution in [1.29, 1.82) is 0 Å². The minimum absolute atomic E-state index is 0.254. The molecule has 0 aliphatic rings. The molecule has 31 heavy (non-hydrogen) atoms. The first-order valence-corrected chi connectivity index (χ1v) is 11.3. The Morgan fingerprint density at radius 3 is 2.77 bits per heavy atom. The molecule has 0 aliphatic heterocycles. The minimum Gasteiger partial charge on any atom is -0.479 e. The third-order valence-electron chi connectivity index (χ3n) is 4.34. The molecule has 0 bridgehead atoms. The van der Waals surface area contributed by atoms with E-state index in [1.165, 1.54) is 17.8 Å². The molecule has 162 valence electrons. The zero-order valence-electron chi connectivity index (χ0n) is 16.6. The first kappa shape index (κ1) is 23.4. The Morgan fingerprint density at radius 2 is 2.10 bits per heavy atom. The molecule has 2 aromatic carbocycles. The van der Waals surface area contributed by atoms with Gasteiger partial charge in [0.2, 0.25) is 0 Å². The van der Waals surface area contributed by atoms with E-state index >= 15 is 0 Å². The summed E-state index contributed by atoms with van der Waals surface area (Å²) in [5.74, 6) is -0.346. The number of aromatic nitrogens is 2. The molecule has 1 heterocycles. The van der Waals surface area contributed by atoms with Crippen LogP contribution in [0.15, 0.2) is 49.2 Å². The van der Waals surface area contributed by atoms with Crippen molar-refractivity contribution in [2.75, 3.05) is 0 Å². The second kappa shape index (κ2) is 9.93. The number of benzene rings is 2. The number of nitrogens with zero attached hydrogens (tertiary/aromatic N) is 3. The van der Waals surface area contributed by atoms with Gasteiger partial charge in [-0.25, -0.2) is 9.78 Å². The number of ether oxygens (including phenoxy) is 1. The third kappa shape index (κ3) is 5.34. The van der Waals surface area contributed by atoms with Crippen molar-refractivity contribution in [1.82, 2.24) is 9.66 Å². The number of rotatable bonds is 7. The lowest BCUT2D eigenvalue weighted by atomic mass is 10.2. The monoisotopic (exact) mass is 569 g/mol. The molecule has 0 aliphatic carbocycles. The highest BCUT2D eigenvalue weighted by Crippen LogP contribution is 2.32. The first-order chi connectivity index (χ1) is 14.7. The van der Waals surface area contributed by atoms with Crippen LogP contribution in [0.5, 0.6) is 5.75 Å². The van der Waals surface area contributed by atoms with Crippen molar-refractivity contribution >= 4 is 66.5 Å². The zero-order valence-corrected chi connectivity index (χ0v) is 20.5. The Morgan fingerprint density at radius 1 is 1.35 bits per heavy atom. The number of halogens is 3. The van der Waals surface area contributed by atoms with Gasteiger partial charge in [0.05, 0.1) is 21.6 Å². The lowest BCUT2D eigenvalue weighted by Gasteiger charge is -2.15. The van der Waals surface area contributed by atoms with E-state index in [4.69, 9.17) is 16.3 Å². The summed E-state index contributed by atoms with van der Waals surface area (Å²) in [4.78, 5) is 28.9. The van der Waals surface area contributed by atoms with Crippen molar-refractivity contribution in [2.24, 2.45) is 5.10 Å². The second-order valence-electron chi connectivity index (χ2n) is 6.71. The molecule has 0 saturated heterocycles. The fourth-order valence-corrected chi connectivity index (χ4v) is 4.14. The van der Waals surface area contributed by atoms with Crippen LogP contribution in [0, 0.1) is 0 Å². The molecule has 0 saturated carbocycles. The molecule has 3 rings (SSSR count). The van der Waals surface area contributed by atoms with Crippen molar-refractivity contribution in [3.05, 3.63) is 66.0 Å². The predicted octanol–water partition coefficient (Wildman–Crippen LogP) is 5.26. The quantitative estimate of drug-likeness (QED) is 0.391. The molecule has 3 aromatic rings. The Labute approximate surface area is 200 Å². The largest absolute Gasteiger partial charge is 0.479 e. The summed E-state index contributed by atoms with van der Waals surface area (Å²) in [5.41, 5.74) is 0.692. The fourth-order valence-electron chi connectivity index (χ4n) is 2.85. The lowest BCUT2D eigenvalue weighted by Crippen LogP contribution is -2.24. The number of fused-ring (bicyclic) bond motifs is 1. The zero-order chi connectivity index (χ0) is 22.7. The van der Waals surface area contributed by atoms with Crippen molar-refractivity contribution < 1.29 is 14.6 Å². The van der Waals surface area contributed by atoms with E-state index in [0.717, 1.165) is 10.9 Å². The Balaban J connectivity index is 2.15. The average Bonchev–Trinajstić information content (AvgIpc) is 2.70. The molecule has 0 radical (unpaired) electrons. The standard InChI is InChI=1S/C21H18Br2ClN3O4/c1-3-4-18-26-17-6-5-13(22)8-15(17)20(28)27(18)25-10-12-7-14(24)9-16(23)19(12)31-11(2)21(29)30/h5-11H,3-4H2,1-2H3,(H,29,30)/t11-/m1/s1. The van der Waals surface area contributed by atoms with Crippen molar-refractivity contribution in [2.45, 2.75) is 32.8 Å². The fraction of sp³-hybridized carbons (Fsp3) is 0.238. The lowest BCUT2D eigenvalue weighted by molar-refractivity contribution is -0.144. The van der Waals surface area contributed by atoms with Crippen LogP contribution in [0.3, 0.4) is 0 Å². The maximum Gasteiger partial charge on any atom is 0.344 e. The van der Waals surface area contributed by atoms with E-state index < -0.39 is 12.1 Å². The number of hydrogen-bond acceptors (Lipinski definition) is 5. The molecule has 0 fully saturated rings. The molecule has 0 spiro atoms. The molecule has 1 atom stereocenters. The van der Waals surface area contributed by atoms with E-state index in [0.29, 0.717) is 38.2 Å². The van der Waals surface area contributed by atoms with Crippen molar-refractivity contribution in [3.8, 4) is 5.75 Å².